The van der Waals surface area contributed by atoms with Gasteiger partial charge < -0.3 is 0 Å². The Morgan fingerprint density at radius 1 is 1.33 bits per heavy atom. The Bertz CT molecular complexity index is 576. The molecule has 0 aliphatic carbocycles. The van der Waals surface area contributed by atoms with Crippen molar-refractivity contribution in [2.75, 3.05) is 5.75 Å². The van der Waals surface area contributed by atoms with Crippen molar-refractivity contribution in [1.29, 1.82) is 0 Å². The van der Waals surface area contributed by atoms with E-state index in [0.717, 1.165) is 5.56 Å². The molecule has 0 atom stereocenters. The number of aromatic amines is 1. The van der Waals surface area contributed by atoms with Gasteiger partial charge in [0.2, 0.25) is 0 Å². The first-order chi connectivity index (χ1) is 7.06. The molecule has 80 valence electrons. The third kappa shape index (κ3) is 2.31. The molecule has 0 aliphatic rings. The van der Waals surface area contributed by atoms with Gasteiger partial charge in [-0.3, -0.25) is 4.55 Å². The zero-order valence-electron chi connectivity index (χ0n) is 7.71. The van der Waals surface area contributed by atoms with Crippen LogP contribution < -0.4 is 0 Å². The van der Waals surface area contributed by atoms with E-state index in [0.29, 0.717) is 11.0 Å². The zero-order chi connectivity index (χ0) is 10.9. The van der Waals surface area contributed by atoms with Crippen molar-refractivity contribution < 1.29 is 13.0 Å². The highest BCUT2D eigenvalue weighted by atomic mass is 32.2. The van der Waals surface area contributed by atoms with Crippen LogP contribution in [0.4, 0.5) is 0 Å². The number of nitrogens with zero attached hydrogens (tertiary/aromatic N) is 2. The van der Waals surface area contributed by atoms with E-state index >= 15 is 0 Å². The Balaban J connectivity index is 2.32. The van der Waals surface area contributed by atoms with E-state index < -0.39 is 10.1 Å². The molecule has 0 saturated heterocycles. The van der Waals surface area contributed by atoms with Crippen LogP contribution in [0.3, 0.4) is 0 Å². The van der Waals surface area contributed by atoms with Gasteiger partial charge in [-0.15, -0.1) is 0 Å². The second-order valence-corrected chi connectivity index (χ2v) is 4.72. The van der Waals surface area contributed by atoms with Crippen LogP contribution in [-0.2, 0) is 16.5 Å². The van der Waals surface area contributed by atoms with Gasteiger partial charge >= 0.3 is 0 Å². The van der Waals surface area contributed by atoms with E-state index in [2.05, 4.69) is 15.4 Å². The van der Waals surface area contributed by atoms with Crippen LogP contribution in [0.5, 0.6) is 0 Å². The van der Waals surface area contributed by atoms with Gasteiger partial charge in [-0.2, -0.15) is 23.8 Å². The number of benzene rings is 1. The molecular weight excluding hydrogens is 218 g/mol. The van der Waals surface area contributed by atoms with Crippen LogP contribution in [0.1, 0.15) is 5.56 Å². The van der Waals surface area contributed by atoms with Crippen molar-refractivity contribution in [2.45, 2.75) is 6.42 Å². The number of H-pyrrole nitrogens is 1. The highest BCUT2D eigenvalue weighted by molar-refractivity contribution is 7.85. The van der Waals surface area contributed by atoms with E-state index in [4.69, 9.17) is 4.55 Å². The molecule has 0 amide bonds. The number of hydrogen-bond acceptors (Lipinski definition) is 4. The number of aromatic nitrogens is 3. The predicted octanol–water partition coefficient (Wildman–Crippen LogP) is 0.388. The molecule has 0 saturated carbocycles. The average molecular weight is 227 g/mol. The fourth-order valence-electron chi connectivity index (χ4n) is 1.37. The number of aryl methyl sites for hydroxylation is 1. The lowest BCUT2D eigenvalue weighted by Gasteiger charge is -1.99. The minimum atomic E-state index is -3.93. The van der Waals surface area contributed by atoms with Gasteiger partial charge in [0.1, 0.15) is 11.0 Å². The summed E-state index contributed by atoms with van der Waals surface area (Å²) >= 11 is 0. The lowest BCUT2D eigenvalue weighted by Crippen LogP contribution is -2.06. The largest absolute Gasteiger partial charge is 0.286 e. The maximum Gasteiger partial charge on any atom is 0.265 e. The summed E-state index contributed by atoms with van der Waals surface area (Å²) in [5.41, 5.74) is 2.07. The van der Waals surface area contributed by atoms with Crippen LogP contribution >= 0.6 is 0 Å². The van der Waals surface area contributed by atoms with Crippen molar-refractivity contribution in [2.24, 2.45) is 0 Å². The van der Waals surface area contributed by atoms with Crippen LogP contribution in [0.15, 0.2) is 18.2 Å². The number of nitrogens with one attached hydrogen (secondary N) is 1. The Morgan fingerprint density at radius 3 is 2.87 bits per heavy atom. The second-order valence-electron chi connectivity index (χ2n) is 3.14. The summed E-state index contributed by atoms with van der Waals surface area (Å²) in [5.74, 6) is -0.307. The summed E-state index contributed by atoms with van der Waals surface area (Å²) in [6.07, 6.45) is 0.225. The number of rotatable bonds is 3. The molecule has 2 N–H and O–H groups in total. The smallest absolute Gasteiger partial charge is 0.265 e. The van der Waals surface area contributed by atoms with E-state index in [1.165, 1.54) is 0 Å². The highest BCUT2D eigenvalue weighted by Gasteiger charge is 2.09. The Morgan fingerprint density at radius 2 is 2.13 bits per heavy atom. The van der Waals surface area contributed by atoms with Crippen molar-refractivity contribution in [3.63, 3.8) is 0 Å². The van der Waals surface area contributed by atoms with E-state index in [1.54, 1.807) is 18.2 Å². The summed E-state index contributed by atoms with van der Waals surface area (Å²) in [7, 11) is -3.93. The Kier molecular flexibility index (Phi) is 2.41. The molecule has 0 radical (unpaired) electrons. The summed E-state index contributed by atoms with van der Waals surface area (Å²) in [6, 6.07) is 5.30. The van der Waals surface area contributed by atoms with Crippen LogP contribution in [0.2, 0.25) is 0 Å². The van der Waals surface area contributed by atoms with Gasteiger partial charge in [-0.25, -0.2) is 0 Å². The van der Waals surface area contributed by atoms with Crippen molar-refractivity contribution in [1.82, 2.24) is 15.4 Å². The first-order valence-corrected chi connectivity index (χ1v) is 5.91. The van der Waals surface area contributed by atoms with Gasteiger partial charge in [0.15, 0.2) is 0 Å². The maximum atomic E-state index is 10.6. The molecule has 6 nitrogen and oxygen atoms in total. The fourth-order valence-corrected chi connectivity index (χ4v) is 1.84. The molecule has 2 aromatic rings. The standard InChI is InChI=1S/C8H9N3O3S/c12-15(13,14)5-4-6-2-1-3-7-8(6)10-11-9-7/h1-3H,4-5H2,(H,9,10,11)(H,12,13,14). The lowest BCUT2D eigenvalue weighted by atomic mass is 10.1. The molecule has 0 spiro atoms. The fraction of sp³-hybridized carbons (Fsp3) is 0.250. The normalized spacial score (nSPS) is 12.1. The summed E-state index contributed by atoms with van der Waals surface area (Å²) in [6.45, 7) is 0. The van der Waals surface area contributed by atoms with Gasteiger partial charge in [0, 0.05) is 0 Å². The molecule has 15 heavy (non-hydrogen) atoms. The number of para-hydroxylation sites is 1. The van der Waals surface area contributed by atoms with Crippen molar-refractivity contribution in [3.8, 4) is 0 Å². The quantitative estimate of drug-likeness (QED) is 0.739. The molecule has 2 rings (SSSR count). The van der Waals surface area contributed by atoms with Crippen molar-refractivity contribution >= 4 is 21.2 Å². The van der Waals surface area contributed by atoms with Gasteiger partial charge in [0.25, 0.3) is 10.1 Å². The highest BCUT2D eigenvalue weighted by Crippen LogP contribution is 2.14. The van der Waals surface area contributed by atoms with E-state index in [1.807, 2.05) is 0 Å². The summed E-state index contributed by atoms with van der Waals surface area (Å²) in [4.78, 5) is 0. The molecule has 0 aliphatic heterocycles. The minimum absolute atomic E-state index is 0.225. The third-order valence-electron chi connectivity index (χ3n) is 2.06. The molecular formula is C8H9N3O3S. The summed E-state index contributed by atoms with van der Waals surface area (Å²) < 4.78 is 29.8. The predicted molar refractivity (Wildman–Crippen MR) is 54.0 cm³/mol. The molecule has 7 heteroatoms. The molecule has 0 bridgehead atoms. The van der Waals surface area contributed by atoms with Crippen LogP contribution in [0, 0.1) is 0 Å². The minimum Gasteiger partial charge on any atom is -0.286 e. The molecule has 0 fully saturated rings. The third-order valence-corrected chi connectivity index (χ3v) is 2.78. The Labute approximate surface area is 86.1 Å². The SMILES string of the molecule is O=S(=O)(O)CCc1cccc2n[nH]nc12. The van der Waals surface area contributed by atoms with Crippen molar-refractivity contribution in [3.05, 3.63) is 23.8 Å². The molecule has 0 unspecified atom stereocenters. The number of fused-ring (bicyclic) bond motifs is 1. The van der Waals surface area contributed by atoms with E-state index in [9.17, 15) is 8.42 Å². The van der Waals surface area contributed by atoms with Gasteiger partial charge in [-0.1, -0.05) is 12.1 Å². The van der Waals surface area contributed by atoms with E-state index in [-0.39, 0.29) is 12.2 Å². The Hall–Kier alpha value is -1.47. The molecule has 1 aromatic heterocycles. The van der Waals surface area contributed by atoms with Crippen LogP contribution in [-0.4, -0.2) is 34.1 Å². The lowest BCUT2D eigenvalue weighted by molar-refractivity contribution is 0.483. The van der Waals surface area contributed by atoms with Gasteiger partial charge in [-0.05, 0) is 18.1 Å². The zero-order valence-corrected chi connectivity index (χ0v) is 8.53. The number of hydrogen-bond donors (Lipinski definition) is 2. The maximum absolute atomic E-state index is 10.6. The molecule has 1 heterocycles. The average Bonchev–Trinajstić information content (AvgIpc) is 2.61. The first-order valence-electron chi connectivity index (χ1n) is 4.30. The first kappa shape index (κ1) is 10.1. The molecule has 1 aromatic carbocycles. The topological polar surface area (TPSA) is 95.9 Å². The summed E-state index contributed by atoms with van der Waals surface area (Å²) in [5, 5.41) is 10.2. The van der Waals surface area contributed by atoms with Crippen LogP contribution in [0.25, 0.3) is 11.0 Å². The monoisotopic (exact) mass is 227 g/mol. The van der Waals surface area contributed by atoms with Gasteiger partial charge in [0.05, 0.1) is 5.75 Å². The second kappa shape index (κ2) is 3.59.